The summed E-state index contributed by atoms with van der Waals surface area (Å²) in [4.78, 5) is 12.0. The largest absolute Gasteiger partial charge is 0.543 e. The second-order valence-corrected chi connectivity index (χ2v) is 13.5. The molecule has 1 aliphatic rings. The van der Waals surface area contributed by atoms with E-state index in [9.17, 15) is 4.79 Å². The summed E-state index contributed by atoms with van der Waals surface area (Å²) in [7, 11) is -0.738. The molecule has 0 spiro atoms. The highest BCUT2D eigenvalue weighted by Gasteiger charge is 2.51. The van der Waals surface area contributed by atoms with Crippen molar-refractivity contribution in [2.75, 3.05) is 7.11 Å². The van der Waals surface area contributed by atoms with Gasteiger partial charge in [0, 0.05) is 5.92 Å². The van der Waals surface area contributed by atoms with E-state index in [0.29, 0.717) is 0 Å². The standard InChI is InChI=1S/C20H31FO3Si.H2S/c1-19(2,3)25(6,7)24-16-10-8-9-15(13-16)17(14-11-12-14)20(4,21)18(22)23-5;/h8-10,13-14,17H,11-12H2,1-7H3;1H2/t17-,20?;/m0./s1. The molecule has 1 aromatic carbocycles. The first-order chi connectivity index (χ1) is 11.4. The van der Waals surface area contributed by atoms with Crippen LogP contribution in [0.5, 0.6) is 5.75 Å². The summed E-state index contributed by atoms with van der Waals surface area (Å²) in [5.74, 6) is -0.365. The Morgan fingerprint density at radius 1 is 1.23 bits per heavy atom. The van der Waals surface area contributed by atoms with Crippen LogP contribution in [0.1, 0.15) is 52.0 Å². The Hall–Kier alpha value is -1.01. The lowest BCUT2D eigenvalue weighted by molar-refractivity contribution is -0.155. The van der Waals surface area contributed by atoms with Crippen LogP contribution in [-0.4, -0.2) is 27.1 Å². The summed E-state index contributed by atoms with van der Waals surface area (Å²) in [5, 5.41) is 0.0829. The van der Waals surface area contributed by atoms with Crippen molar-refractivity contribution < 1.29 is 18.3 Å². The number of carbonyl (C=O) groups is 1. The van der Waals surface area contributed by atoms with Gasteiger partial charge in [-0.25, -0.2) is 9.18 Å². The van der Waals surface area contributed by atoms with Crippen LogP contribution < -0.4 is 4.43 Å². The Labute approximate surface area is 165 Å². The molecule has 0 saturated heterocycles. The van der Waals surface area contributed by atoms with Crippen molar-refractivity contribution in [1.82, 2.24) is 0 Å². The van der Waals surface area contributed by atoms with Crippen molar-refractivity contribution >= 4 is 27.8 Å². The van der Waals surface area contributed by atoms with Crippen LogP contribution in [-0.2, 0) is 9.53 Å². The third-order valence-electron chi connectivity index (χ3n) is 5.66. The lowest BCUT2D eigenvalue weighted by atomic mass is 9.81. The normalized spacial score (nSPS) is 18.3. The third-order valence-corrected chi connectivity index (χ3v) is 10.0. The van der Waals surface area contributed by atoms with Gasteiger partial charge in [0.1, 0.15) is 5.75 Å². The van der Waals surface area contributed by atoms with E-state index >= 15 is 4.39 Å². The van der Waals surface area contributed by atoms with E-state index in [4.69, 9.17) is 9.16 Å². The van der Waals surface area contributed by atoms with Gasteiger partial charge in [0.15, 0.2) is 0 Å². The quantitative estimate of drug-likeness (QED) is 0.462. The number of hydrogen-bond acceptors (Lipinski definition) is 3. The number of ether oxygens (including phenoxy) is 1. The van der Waals surface area contributed by atoms with E-state index in [-0.39, 0.29) is 24.5 Å². The molecule has 1 aromatic rings. The van der Waals surface area contributed by atoms with Crippen LogP contribution in [0, 0.1) is 5.92 Å². The fourth-order valence-corrected chi connectivity index (χ4v) is 4.03. The van der Waals surface area contributed by atoms with Gasteiger partial charge in [-0.3, -0.25) is 0 Å². The highest BCUT2D eigenvalue weighted by atomic mass is 32.1. The number of methoxy groups -OCH3 is 1. The summed E-state index contributed by atoms with van der Waals surface area (Å²) in [6, 6.07) is 7.61. The highest BCUT2D eigenvalue weighted by Crippen LogP contribution is 2.50. The zero-order valence-corrected chi connectivity index (χ0v) is 19.0. The fraction of sp³-hybridized carbons (Fsp3) is 0.650. The predicted octanol–water partition coefficient (Wildman–Crippen LogP) is 5.58. The monoisotopic (exact) mass is 400 g/mol. The Morgan fingerprint density at radius 3 is 2.27 bits per heavy atom. The van der Waals surface area contributed by atoms with Gasteiger partial charge >= 0.3 is 5.97 Å². The lowest BCUT2D eigenvalue weighted by Gasteiger charge is -2.37. The predicted molar refractivity (Wildman–Crippen MR) is 112 cm³/mol. The molecular weight excluding hydrogens is 367 g/mol. The smallest absolute Gasteiger partial charge is 0.343 e. The third kappa shape index (κ3) is 4.83. The van der Waals surface area contributed by atoms with Gasteiger partial charge in [0.25, 0.3) is 0 Å². The number of benzene rings is 1. The Balaban J connectivity index is 0.00000338. The fourth-order valence-electron chi connectivity index (χ4n) is 3.00. The minimum Gasteiger partial charge on any atom is -0.543 e. The van der Waals surface area contributed by atoms with E-state index in [2.05, 4.69) is 33.9 Å². The molecule has 6 heteroatoms. The molecule has 0 N–H and O–H groups in total. The topological polar surface area (TPSA) is 35.5 Å². The zero-order valence-electron chi connectivity index (χ0n) is 17.0. The van der Waals surface area contributed by atoms with Gasteiger partial charge in [-0.1, -0.05) is 32.9 Å². The molecule has 1 unspecified atom stereocenters. The molecule has 26 heavy (non-hydrogen) atoms. The first kappa shape index (κ1) is 23.0. The maximum absolute atomic E-state index is 15.3. The van der Waals surface area contributed by atoms with E-state index in [1.54, 1.807) is 0 Å². The van der Waals surface area contributed by atoms with Gasteiger partial charge in [-0.15, -0.1) is 0 Å². The van der Waals surface area contributed by atoms with Crippen LogP contribution in [0.4, 0.5) is 4.39 Å². The summed E-state index contributed by atoms with van der Waals surface area (Å²) in [5.41, 5.74) is -1.22. The van der Waals surface area contributed by atoms with Crippen molar-refractivity contribution in [2.24, 2.45) is 5.92 Å². The molecule has 2 atom stereocenters. The van der Waals surface area contributed by atoms with Crippen molar-refractivity contribution in [3.63, 3.8) is 0 Å². The second-order valence-electron chi connectivity index (χ2n) is 8.82. The molecule has 0 amide bonds. The maximum atomic E-state index is 15.3. The second kappa shape index (κ2) is 7.93. The van der Waals surface area contributed by atoms with Gasteiger partial charge in [-0.05, 0) is 61.5 Å². The van der Waals surface area contributed by atoms with Gasteiger partial charge < -0.3 is 9.16 Å². The molecule has 0 aromatic heterocycles. The van der Waals surface area contributed by atoms with Crippen molar-refractivity contribution in [2.45, 2.75) is 70.3 Å². The summed E-state index contributed by atoms with van der Waals surface area (Å²) in [6.07, 6.45) is 1.88. The van der Waals surface area contributed by atoms with Crippen molar-refractivity contribution in [1.29, 1.82) is 0 Å². The lowest BCUT2D eigenvalue weighted by Crippen LogP contribution is -2.44. The zero-order chi connectivity index (χ0) is 19.0. The molecule has 3 nitrogen and oxygen atoms in total. The number of rotatable bonds is 6. The van der Waals surface area contributed by atoms with Gasteiger partial charge in [-0.2, -0.15) is 13.5 Å². The Kier molecular flexibility index (Phi) is 7.02. The number of halogens is 1. The highest BCUT2D eigenvalue weighted by molar-refractivity contribution is 7.59. The number of alkyl halides is 1. The molecule has 2 rings (SSSR count). The SMILES string of the molecule is COC(=O)C(C)(F)[C@H](c1cccc(O[Si](C)(C)C(C)(C)C)c1)C1CC1.S. The molecule has 1 aliphatic carbocycles. The number of hydrogen-bond donors (Lipinski definition) is 0. The van der Waals surface area contributed by atoms with Crippen LogP contribution in [0.2, 0.25) is 18.1 Å². The van der Waals surface area contributed by atoms with Gasteiger partial charge in [0.05, 0.1) is 7.11 Å². The number of esters is 1. The number of carbonyl (C=O) groups excluding carboxylic acids is 1. The first-order valence-corrected chi connectivity index (χ1v) is 11.9. The minimum atomic E-state index is -2.04. The molecule has 1 saturated carbocycles. The van der Waals surface area contributed by atoms with Crippen LogP contribution >= 0.6 is 13.5 Å². The van der Waals surface area contributed by atoms with Crippen LogP contribution in [0.3, 0.4) is 0 Å². The van der Waals surface area contributed by atoms with Crippen LogP contribution in [0.15, 0.2) is 24.3 Å². The van der Waals surface area contributed by atoms with E-state index in [1.165, 1.54) is 14.0 Å². The van der Waals surface area contributed by atoms with E-state index in [1.807, 2.05) is 24.3 Å². The average molecular weight is 401 g/mol. The molecule has 0 aliphatic heterocycles. The molecule has 0 radical (unpaired) electrons. The summed E-state index contributed by atoms with van der Waals surface area (Å²) < 4.78 is 26.3. The maximum Gasteiger partial charge on any atom is 0.343 e. The van der Waals surface area contributed by atoms with E-state index in [0.717, 1.165) is 24.2 Å². The average Bonchev–Trinajstić information content (AvgIpc) is 3.29. The van der Waals surface area contributed by atoms with Crippen molar-refractivity contribution in [3.8, 4) is 5.75 Å². The first-order valence-electron chi connectivity index (χ1n) is 8.96. The van der Waals surface area contributed by atoms with Gasteiger partial charge in [0.2, 0.25) is 14.0 Å². The van der Waals surface area contributed by atoms with Crippen molar-refractivity contribution in [3.05, 3.63) is 29.8 Å². The molecule has 1 fully saturated rings. The Morgan fingerprint density at radius 2 is 1.81 bits per heavy atom. The Bertz CT molecular complexity index is 636. The van der Waals surface area contributed by atoms with E-state index < -0.39 is 25.9 Å². The summed E-state index contributed by atoms with van der Waals surface area (Å²) >= 11 is 0. The molecule has 0 heterocycles. The molecular formula is C20H33FO3SSi. The van der Waals surface area contributed by atoms with Crippen LogP contribution in [0.25, 0.3) is 0 Å². The minimum absolute atomic E-state index is 0. The molecule has 148 valence electrons. The summed E-state index contributed by atoms with van der Waals surface area (Å²) in [6.45, 7) is 12.3. The molecule has 0 bridgehead atoms.